The van der Waals surface area contributed by atoms with Crippen LogP contribution < -0.4 is 10.6 Å². The molecular formula is C10H10ClF6N3. The number of anilines is 1. The smallest absolute Gasteiger partial charge is 0.345 e. The Balaban J connectivity index is 3.09. The van der Waals surface area contributed by atoms with Crippen LogP contribution in [0.1, 0.15) is 5.56 Å². The Morgan fingerprint density at radius 1 is 1.20 bits per heavy atom. The van der Waals surface area contributed by atoms with E-state index in [2.05, 4.69) is 4.98 Å². The molecule has 0 aliphatic rings. The van der Waals surface area contributed by atoms with Crippen LogP contribution >= 0.6 is 11.6 Å². The van der Waals surface area contributed by atoms with Crippen molar-refractivity contribution in [2.75, 3.05) is 24.5 Å². The molecule has 20 heavy (non-hydrogen) atoms. The van der Waals surface area contributed by atoms with Crippen molar-refractivity contribution in [2.24, 2.45) is 5.73 Å². The molecule has 0 aliphatic carbocycles. The van der Waals surface area contributed by atoms with Crippen LogP contribution in [0.2, 0.25) is 5.02 Å². The van der Waals surface area contributed by atoms with Gasteiger partial charge in [0.05, 0.1) is 10.6 Å². The third-order valence-electron chi connectivity index (χ3n) is 2.22. The van der Waals surface area contributed by atoms with E-state index in [1.54, 1.807) is 0 Å². The average molecular weight is 322 g/mol. The van der Waals surface area contributed by atoms with Crippen molar-refractivity contribution in [2.45, 2.75) is 12.4 Å². The van der Waals surface area contributed by atoms with Crippen LogP contribution in [0, 0.1) is 0 Å². The summed E-state index contributed by atoms with van der Waals surface area (Å²) in [6.45, 7) is -1.77. The molecular weight excluding hydrogens is 312 g/mol. The molecule has 1 aromatic heterocycles. The van der Waals surface area contributed by atoms with Gasteiger partial charge in [-0.3, -0.25) is 0 Å². The van der Waals surface area contributed by atoms with Crippen LogP contribution in [0.25, 0.3) is 0 Å². The summed E-state index contributed by atoms with van der Waals surface area (Å²) < 4.78 is 74.4. The van der Waals surface area contributed by atoms with Gasteiger partial charge < -0.3 is 10.6 Å². The van der Waals surface area contributed by atoms with E-state index >= 15 is 0 Å². The Kier molecular flexibility index (Phi) is 5.09. The Morgan fingerprint density at radius 3 is 2.20 bits per heavy atom. The van der Waals surface area contributed by atoms with E-state index < -0.39 is 29.5 Å². The molecule has 3 nitrogen and oxygen atoms in total. The fourth-order valence-electron chi connectivity index (χ4n) is 1.45. The first-order valence-electron chi connectivity index (χ1n) is 5.29. The van der Waals surface area contributed by atoms with Crippen molar-refractivity contribution in [1.29, 1.82) is 0 Å². The largest absolute Gasteiger partial charge is 0.417 e. The zero-order valence-corrected chi connectivity index (χ0v) is 10.6. The molecule has 0 saturated carbocycles. The second-order valence-corrected chi connectivity index (χ2v) is 4.26. The summed E-state index contributed by atoms with van der Waals surface area (Å²) in [5.74, 6) is -0.387. The highest BCUT2D eigenvalue weighted by molar-refractivity contribution is 6.33. The van der Waals surface area contributed by atoms with Crippen LogP contribution in [0.5, 0.6) is 0 Å². The minimum atomic E-state index is -4.67. The molecule has 0 amide bonds. The highest BCUT2D eigenvalue weighted by atomic mass is 35.5. The Morgan fingerprint density at radius 2 is 1.80 bits per heavy atom. The predicted molar refractivity (Wildman–Crippen MR) is 61.6 cm³/mol. The molecule has 0 fully saturated rings. The highest BCUT2D eigenvalue weighted by Crippen LogP contribution is 2.34. The van der Waals surface area contributed by atoms with E-state index in [1.807, 2.05) is 0 Å². The zero-order valence-electron chi connectivity index (χ0n) is 9.89. The Hall–Kier alpha value is -1.22. The SMILES string of the molecule is NCCN(CC(F)(F)F)c1ncc(C(F)(F)F)cc1Cl. The van der Waals surface area contributed by atoms with Crippen LogP contribution in [-0.4, -0.2) is 30.8 Å². The second-order valence-electron chi connectivity index (χ2n) is 3.85. The molecule has 0 spiro atoms. The monoisotopic (exact) mass is 321 g/mol. The lowest BCUT2D eigenvalue weighted by molar-refractivity contribution is -0.137. The summed E-state index contributed by atoms with van der Waals surface area (Å²) >= 11 is 5.58. The molecule has 0 saturated heterocycles. The minimum absolute atomic E-state index is 0.130. The van der Waals surface area contributed by atoms with E-state index in [0.717, 1.165) is 0 Å². The van der Waals surface area contributed by atoms with Gasteiger partial charge in [-0.15, -0.1) is 0 Å². The fraction of sp³-hybridized carbons (Fsp3) is 0.500. The standard InChI is InChI=1S/C10H10ClF6N3/c11-7-3-6(10(15,16)17)4-19-8(7)20(2-1-18)5-9(12,13)14/h3-4H,1-2,5,18H2. The number of alkyl halides is 6. The molecule has 1 aromatic rings. The maximum absolute atomic E-state index is 12.4. The minimum Gasteiger partial charge on any atom is -0.345 e. The summed E-state index contributed by atoms with van der Waals surface area (Å²) in [7, 11) is 0. The number of rotatable bonds is 4. The average Bonchev–Trinajstić information content (AvgIpc) is 2.25. The fourth-order valence-corrected chi connectivity index (χ4v) is 1.74. The van der Waals surface area contributed by atoms with Gasteiger partial charge in [-0.2, -0.15) is 26.3 Å². The maximum atomic E-state index is 12.4. The van der Waals surface area contributed by atoms with E-state index in [1.165, 1.54) is 0 Å². The van der Waals surface area contributed by atoms with E-state index in [9.17, 15) is 26.3 Å². The number of hydrogen-bond acceptors (Lipinski definition) is 3. The summed E-state index contributed by atoms with van der Waals surface area (Å²) in [5, 5.41) is -0.516. The normalized spacial score (nSPS) is 12.6. The number of hydrogen-bond donors (Lipinski definition) is 1. The summed E-state index contributed by atoms with van der Waals surface area (Å²) in [6.07, 6.45) is -8.79. The lowest BCUT2D eigenvalue weighted by atomic mass is 10.2. The number of nitrogens with zero attached hydrogens (tertiary/aromatic N) is 2. The van der Waals surface area contributed by atoms with Gasteiger partial charge in [-0.1, -0.05) is 11.6 Å². The van der Waals surface area contributed by atoms with Gasteiger partial charge in [0.1, 0.15) is 12.4 Å². The topological polar surface area (TPSA) is 42.1 Å². The number of pyridine rings is 1. The summed E-state index contributed by atoms with van der Waals surface area (Å²) in [5.41, 5.74) is 4.04. The van der Waals surface area contributed by atoms with Crippen LogP contribution in [0.15, 0.2) is 12.3 Å². The van der Waals surface area contributed by atoms with Crippen molar-refractivity contribution in [3.8, 4) is 0 Å². The number of aromatic nitrogens is 1. The van der Waals surface area contributed by atoms with Gasteiger partial charge in [-0.05, 0) is 6.07 Å². The molecule has 0 atom stereocenters. The second kappa shape index (κ2) is 6.04. The van der Waals surface area contributed by atoms with Crippen LogP contribution in [0.3, 0.4) is 0 Å². The lowest BCUT2D eigenvalue weighted by Gasteiger charge is -2.25. The van der Waals surface area contributed by atoms with Gasteiger partial charge in [0.15, 0.2) is 0 Å². The molecule has 0 bridgehead atoms. The van der Waals surface area contributed by atoms with Crippen molar-refractivity contribution in [3.05, 3.63) is 22.8 Å². The molecule has 2 N–H and O–H groups in total. The quantitative estimate of drug-likeness (QED) is 0.867. The van der Waals surface area contributed by atoms with Gasteiger partial charge in [0.25, 0.3) is 0 Å². The predicted octanol–water partition coefficient (Wildman–Crippen LogP) is 3.08. The third-order valence-corrected chi connectivity index (χ3v) is 2.50. The van der Waals surface area contributed by atoms with Crippen molar-refractivity contribution in [3.63, 3.8) is 0 Å². The van der Waals surface area contributed by atoms with E-state index in [-0.39, 0.29) is 18.9 Å². The van der Waals surface area contributed by atoms with Gasteiger partial charge in [-0.25, -0.2) is 4.98 Å². The first-order valence-corrected chi connectivity index (χ1v) is 5.67. The molecule has 114 valence electrons. The molecule has 0 aliphatic heterocycles. The molecule has 1 rings (SSSR count). The van der Waals surface area contributed by atoms with Gasteiger partial charge in [0.2, 0.25) is 0 Å². The molecule has 0 radical (unpaired) electrons. The summed E-state index contributed by atoms with van der Waals surface area (Å²) in [4.78, 5) is 4.05. The Labute approximate surface area is 115 Å². The molecule has 0 unspecified atom stereocenters. The number of nitrogens with two attached hydrogens (primary N) is 1. The lowest BCUT2D eigenvalue weighted by Crippen LogP contribution is -2.38. The first-order chi connectivity index (χ1) is 9.04. The molecule has 0 aromatic carbocycles. The van der Waals surface area contributed by atoms with Crippen LogP contribution in [-0.2, 0) is 6.18 Å². The van der Waals surface area contributed by atoms with Crippen molar-refractivity contribution in [1.82, 2.24) is 4.98 Å². The van der Waals surface area contributed by atoms with Crippen molar-refractivity contribution >= 4 is 17.4 Å². The summed E-state index contributed by atoms with van der Waals surface area (Å²) in [6, 6.07) is 0.532. The third kappa shape index (κ3) is 4.71. The zero-order chi connectivity index (χ0) is 15.6. The molecule has 1 heterocycles. The van der Waals surface area contributed by atoms with E-state index in [4.69, 9.17) is 17.3 Å². The maximum Gasteiger partial charge on any atom is 0.417 e. The van der Waals surface area contributed by atoms with E-state index in [0.29, 0.717) is 17.2 Å². The highest BCUT2D eigenvalue weighted by Gasteiger charge is 2.34. The van der Waals surface area contributed by atoms with Gasteiger partial charge >= 0.3 is 12.4 Å². The van der Waals surface area contributed by atoms with Crippen LogP contribution in [0.4, 0.5) is 32.2 Å². The van der Waals surface area contributed by atoms with Crippen molar-refractivity contribution < 1.29 is 26.3 Å². The molecule has 10 heteroatoms. The number of halogens is 7. The first kappa shape index (κ1) is 16.8. The van der Waals surface area contributed by atoms with Gasteiger partial charge in [0, 0.05) is 19.3 Å². The Bertz CT molecular complexity index is 459.